The molecule has 2 amide bonds. The van der Waals surface area contributed by atoms with Crippen LogP contribution in [0.3, 0.4) is 0 Å². The molecule has 164 valence electrons. The van der Waals surface area contributed by atoms with Crippen molar-refractivity contribution in [2.45, 2.75) is 51.1 Å². The van der Waals surface area contributed by atoms with Crippen LogP contribution >= 0.6 is 0 Å². The molecule has 7 heteroatoms. The van der Waals surface area contributed by atoms with Gasteiger partial charge in [0.1, 0.15) is 6.61 Å². The summed E-state index contributed by atoms with van der Waals surface area (Å²) in [6.07, 6.45) is -0.113. The molecule has 3 N–H and O–H groups in total. The minimum absolute atomic E-state index is 0.0293. The van der Waals surface area contributed by atoms with Crippen molar-refractivity contribution < 1.29 is 24.2 Å². The number of carbonyl (C=O) groups excluding carboxylic acids is 2. The third-order valence-corrected chi connectivity index (χ3v) is 5.48. The monoisotopic (exact) mass is 424 g/mol. The van der Waals surface area contributed by atoms with Gasteiger partial charge in [-0.25, -0.2) is 4.79 Å². The number of alkyl carbamates (subject to hydrolysis) is 1. The zero-order chi connectivity index (χ0) is 22.4. The van der Waals surface area contributed by atoms with Crippen LogP contribution < -0.4 is 10.6 Å². The Morgan fingerprint density at radius 2 is 1.55 bits per heavy atom. The van der Waals surface area contributed by atoms with Crippen LogP contribution in [0.4, 0.5) is 4.79 Å². The van der Waals surface area contributed by atoms with Crippen molar-refractivity contribution >= 4 is 18.0 Å². The van der Waals surface area contributed by atoms with Gasteiger partial charge in [0.2, 0.25) is 5.91 Å². The molecule has 7 nitrogen and oxygen atoms in total. The molecule has 1 aliphatic carbocycles. The van der Waals surface area contributed by atoms with Crippen LogP contribution in [0.25, 0.3) is 11.1 Å². The average Bonchev–Trinajstić information content (AvgIpc) is 3.05. The summed E-state index contributed by atoms with van der Waals surface area (Å²) in [5, 5.41) is 14.2. The summed E-state index contributed by atoms with van der Waals surface area (Å²) < 4.78 is 5.53. The number of carbonyl (C=O) groups is 3. The Morgan fingerprint density at radius 3 is 2.10 bits per heavy atom. The molecule has 3 rings (SSSR count). The number of nitrogens with one attached hydrogen (secondary N) is 2. The van der Waals surface area contributed by atoms with Crippen LogP contribution in [0, 0.1) is 0 Å². The first-order valence-electron chi connectivity index (χ1n) is 10.5. The van der Waals surface area contributed by atoms with Crippen molar-refractivity contribution in [3.63, 3.8) is 0 Å². The number of ether oxygens (including phenoxy) is 1. The molecule has 0 fully saturated rings. The van der Waals surface area contributed by atoms with Crippen molar-refractivity contribution in [1.82, 2.24) is 10.6 Å². The van der Waals surface area contributed by atoms with Crippen LogP contribution in [0.5, 0.6) is 0 Å². The number of carboxylic acid groups (broad SMARTS) is 1. The fourth-order valence-corrected chi connectivity index (χ4v) is 3.97. The predicted molar refractivity (Wildman–Crippen MR) is 117 cm³/mol. The first kappa shape index (κ1) is 22.3. The van der Waals surface area contributed by atoms with Crippen LogP contribution in [0.2, 0.25) is 0 Å². The highest BCUT2D eigenvalue weighted by Crippen LogP contribution is 2.44. The van der Waals surface area contributed by atoms with Gasteiger partial charge in [-0.3, -0.25) is 9.59 Å². The molecule has 2 aromatic carbocycles. The molecule has 0 bridgehead atoms. The van der Waals surface area contributed by atoms with Gasteiger partial charge in [-0.1, -0.05) is 55.5 Å². The van der Waals surface area contributed by atoms with Gasteiger partial charge in [0.25, 0.3) is 0 Å². The zero-order valence-electron chi connectivity index (χ0n) is 17.8. The van der Waals surface area contributed by atoms with E-state index >= 15 is 0 Å². The van der Waals surface area contributed by atoms with E-state index in [-0.39, 0.29) is 31.3 Å². The van der Waals surface area contributed by atoms with Gasteiger partial charge in [0, 0.05) is 24.4 Å². The quantitative estimate of drug-likeness (QED) is 0.570. The number of rotatable bonds is 9. The molecule has 1 aliphatic rings. The van der Waals surface area contributed by atoms with Crippen molar-refractivity contribution in [2.24, 2.45) is 0 Å². The largest absolute Gasteiger partial charge is 0.481 e. The van der Waals surface area contributed by atoms with Crippen LogP contribution in [-0.2, 0) is 14.3 Å². The van der Waals surface area contributed by atoms with Crippen molar-refractivity contribution in [1.29, 1.82) is 0 Å². The van der Waals surface area contributed by atoms with Gasteiger partial charge in [-0.05, 0) is 35.6 Å². The van der Waals surface area contributed by atoms with E-state index in [1.807, 2.05) is 31.2 Å². The molecule has 31 heavy (non-hydrogen) atoms. The summed E-state index contributed by atoms with van der Waals surface area (Å²) in [7, 11) is 0. The highest BCUT2D eigenvalue weighted by atomic mass is 16.5. The minimum Gasteiger partial charge on any atom is -0.481 e. The number of hydrogen-bond acceptors (Lipinski definition) is 4. The Morgan fingerprint density at radius 1 is 0.968 bits per heavy atom. The first-order valence-corrected chi connectivity index (χ1v) is 10.5. The van der Waals surface area contributed by atoms with Gasteiger partial charge in [-0.2, -0.15) is 0 Å². The maximum absolute atomic E-state index is 12.4. The van der Waals surface area contributed by atoms with E-state index in [1.54, 1.807) is 6.92 Å². The Labute approximate surface area is 181 Å². The Hall–Kier alpha value is -3.35. The number of amides is 2. The van der Waals surface area contributed by atoms with E-state index < -0.39 is 24.1 Å². The second kappa shape index (κ2) is 10.1. The van der Waals surface area contributed by atoms with E-state index in [2.05, 4.69) is 34.9 Å². The van der Waals surface area contributed by atoms with Crippen molar-refractivity contribution in [3.8, 4) is 11.1 Å². The minimum atomic E-state index is -0.975. The lowest BCUT2D eigenvalue weighted by molar-refractivity contribution is -0.137. The smallest absolute Gasteiger partial charge is 0.407 e. The molecular weight excluding hydrogens is 396 g/mol. The maximum atomic E-state index is 12.4. The molecule has 0 aliphatic heterocycles. The molecular formula is C24H28N2O5. The lowest BCUT2D eigenvalue weighted by atomic mass is 9.98. The zero-order valence-corrected chi connectivity index (χ0v) is 17.8. The molecule has 0 heterocycles. The van der Waals surface area contributed by atoms with E-state index in [4.69, 9.17) is 9.84 Å². The molecule has 0 aromatic heterocycles. The SMILES string of the molecule is CCC(CC(=O)N[C@@H](C)CC(=O)O)NC(=O)OCC1c2ccccc2-c2ccccc21. The fourth-order valence-electron chi connectivity index (χ4n) is 3.97. The Balaban J connectivity index is 1.55. The number of benzene rings is 2. The number of carboxylic acids is 1. The van der Waals surface area contributed by atoms with Gasteiger partial charge in [-0.15, -0.1) is 0 Å². The average molecular weight is 424 g/mol. The van der Waals surface area contributed by atoms with Gasteiger partial charge < -0.3 is 20.5 Å². The number of aliphatic carboxylic acids is 1. The highest BCUT2D eigenvalue weighted by molar-refractivity contribution is 5.80. The summed E-state index contributed by atoms with van der Waals surface area (Å²) >= 11 is 0. The molecule has 0 saturated heterocycles. The molecule has 2 aromatic rings. The van der Waals surface area contributed by atoms with Gasteiger partial charge in [0.05, 0.1) is 6.42 Å². The standard InChI is InChI=1S/C24H28N2O5/c1-3-16(13-22(27)25-15(2)12-23(28)29)26-24(30)31-14-21-19-10-6-4-8-17(19)18-9-5-7-11-20(18)21/h4-11,15-16,21H,3,12-14H2,1-2H3,(H,25,27)(H,26,30)(H,28,29)/t15-,16?/m0/s1. The second-order valence-electron chi connectivity index (χ2n) is 7.85. The van der Waals surface area contributed by atoms with E-state index in [1.165, 1.54) is 0 Å². The number of hydrogen-bond donors (Lipinski definition) is 3. The maximum Gasteiger partial charge on any atom is 0.407 e. The predicted octanol–water partition coefficient (Wildman–Crippen LogP) is 3.67. The van der Waals surface area contributed by atoms with E-state index in [0.717, 1.165) is 22.3 Å². The van der Waals surface area contributed by atoms with E-state index in [9.17, 15) is 14.4 Å². The Bertz CT molecular complexity index is 913. The molecule has 0 spiro atoms. The van der Waals surface area contributed by atoms with Crippen LogP contribution in [0.1, 0.15) is 50.2 Å². The lowest BCUT2D eigenvalue weighted by Crippen LogP contribution is -2.41. The fraction of sp³-hybridized carbons (Fsp3) is 0.375. The molecule has 0 saturated carbocycles. The molecule has 2 atom stereocenters. The summed E-state index contributed by atoms with van der Waals surface area (Å²) in [6.45, 7) is 3.70. The van der Waals surface area contributed by atoms with Crippen LogP contribution in [0.15, 0.2) is 48.5 Å². The number of fused-ring (bicyclic) bond motifs is 3. The summed E-state index contributed by atoms with van der Waals surface area (Å²) in [5.41, 5.74) is 4.59. The Kier molecular flexibility index (Phi) is 7.28. The molecule has 1 unspecified atom stereocenters. The lowest BCUT2D eigenvalue weighted by Gasteiger charge is -2.19. The van der Waals surface area contributed by atoms with Crippen molar-refractivity contribution in [3.05, 3.63) is 59.7 Å². The third kappa shape index (κ3) is 5.63. The van der Waals surface area contributed by atoms with Gasteiger partial charge >= 0.3 is 12.1 Å². The normalized spacial score (nSPS) is 14.1. The third-order valence-electron chi connectivity index (χ3n) is 5.48. The second-order valence-corrected chi connectivity index (χ2v) is 7.85. The first-order chi connectivity index (χ1) is 14.9. The topological polar surface area (TPSA) is 105 Å². The van der Waals surface area contributed by atoms with Crippen LogP contribution in [-0.4, -0.2) is 41.8 Å². The van der Waals surface area contributed by atoms with Gasteiger partial charge in [0.15, 0.2) is 0 Å². The van der Waals surface area contributed by atoms with Crippen molar-refractivity contribution in [2.75, 3.05) is 6.61 Å². The molecule has 0 radical (unpaired) electrons. The highest BCUT2D eigenvalue weighted by Gasteiger charge is 2.29. The summed E-state index contributed by atoms with van der Waals surface area (Å²) in [6, 6.07) is 15.3. The van der Waals surface area contributed by atoms with E-state index in [0.29, 0.717) is 6.42 Å². The summed E-state index contributed by atoms with van der Waals surface area (Å²) in [5.74, 6) is -1.31. The summed E-state index contributed by atoms with van der Waals surface area (Å²) in [4.78, 5) is 35.3.